The van der Waals surface area contributed by atoms with Crippen molar-refractivity contribution in [2.75, 3.05) is 11.1 Å². The van der Waals surface area contributed by atoms with Gasteiger partial charge in [0.25, 0.3) is 5.56 Å². The number of rotatable bonds is 6. The second kappa shape index (κ2) is 10.3. The van der Waals surface area contributed by atoms with E-state index in [1.165, 1.54) is 23.7 Å². The molecule has 2 aliphatic rings. The molecule has 0 unspecified atom stereocenters. The van der Waals surface area contributed by atoms with E-state index in [4.69, 9.17) is 4.98 Å². The molecule has 1 fully saturated rings. The van der Waals surface area contributed by atoms with Crippen molar-refractivity contribution < 1.29 is 4.79 Å². The lowest BCUT2D eigenvalue weighted by molar-refractivity contribution is -0.113. The maximum absolute atomic E-state index is 14.2. The van der Waals surface area contributed by atoms with Gasteiger partial charge in [-0.25, -0.2) is 4.98 Å². The van der Waals surface area contributed by atoms with Gasteiger partial charge in [-0.15, -0.1) is 0 Å². The van der Waals surface area contributed by atoms with E-state index in [-0.39, 0.29) is 22.6 Å². The fraction of sp³-hybridized carbons (Fsp3) is 0.387. The first-order valence-corrected chi connectivity index (χ1v) is 14.1. The fourth-order valence-corrected chi connectivity index (χ4v) is 6.80. The van der Waals surface area contributed by atoms with Crippen molar-refractivity contribution in [1.82, 2.24) is 9.55 Å². The molecule has 1 aromatic heterocycles. The maximum Gasteiger partial charge on any atom is 0.258 e. The number of carbonyl (C=O) groups excluding carboxylic acids is 1. The fourth-order valence-electron chi connectivity index (χ4n) is 6.01. The van der Waals surface area contributed by atoms with Crippen molar-refractivity contribution in [3.8, 4) is 11.3 Å². The van der Waals surface area contributed by atoms with E-state index in [2.05, 4.69) is 36.2 Å². The van der Waals surface area contributed by atoms with Crippen LogP contribution in [0, 0.1) is 13.8 Å². The Morgan fingerprint density at radius 2 is 1.89 bits per heavy atom. The summed E-state index contributed by atoms with van der Waals surface area (Å²) in [5.41, 5.74) is 7.75. The highest BCUT2D eigenvalue weighted by molar-refractivity contribution is 7.99. The Hall–Kier alpha value is -3.12. The van der Waals surface area contributed by atoms with Crippen molar-refractivity contribution in [1.29, 1.82) is 0 Å². The molecule has 0 saturated heterocycles. The number of fused-ring (bicyclic) bond motifs is 4. The van der Waals surface area contributed by atoms with Gasteiger partial charge in [0.1, 0.15) is 0 Å². The predicted octanol–water partition coefficient (Wildman–Crippen LogP) is 6.59. The number of thioether (sulfide) groups is 1. The maximum atomic E-state index is 14.2. The monoisotopic (exact) mass is 513 g/mol. The second-order valence-electron chi connectivity index (χ2n) is 10.8. The number of allylic oxidation sites excluding steroid dienone is 1. The lowest BCUT2D eigenvalue weighted by atomic mass is 9.62. The molecule has 2 aromatic carbocycles. The predicted molar refractivity (Wildman–Crippen MR) is 152 cm³/mol. The number of carbonyl (C=O) groups is 1. The van der Waals surface area contributed by atoms with Crippen LogP contribution in [-0.2, 0) is 23.2 Å². The molecular formula is C31H35N3O2S. The van der Waals surface area contributed by atoms with Crippen LogP contribution in [0.25, 0.3) is 11.3 Å². The molecule has 0 radical (unpaired) electrons. The van der Waals surface area contributed by atoms with Gasteiger partial charge in [-0.1, -0.05) is 85.1 Å². The molecule has 1 N–H and O–H groups in total. The Kier molecular flexibility index (Phi) is 7.13. The Morgan fingerprint density at radius 1 is 1.14 bits per heavy atom. The third-order valence-corrected chi connectivity index (χ3v) is 8.67. The van der Waals surface area contributed by atoms with Crippen molar-refractivity contribution in [3.63, 3.8) is 0 Å². The molecule has 1 spiro atoms. The number of aryl methyl sites for hydroxylation is 2. The highest BCUT2D eigenvalue weighted by Gasteiger charge is 2.43. The number of amides is 1. The third-order valence-electron chi connectivity index (χ3n) is 7.69. The second-order valence-corrected chi connectivity index (χ2v) is 11.7. The minimum absolute atomic E-state index is 0.0293. The smallest absolute Gasteiger partial charge is 0.258 e. The SMILES string of the molecule is C=C(C)Cn1c(SCC(=O)Nc2ccc(C)cc2C)nc2c(c1=O)C1(CCCCC1)Cc1ccccc1-2. The number of anilines is 1. The molecule has 37 heavy (non-hydrogen) atoms. The van der Waals surface area contributed by atoms with Crippen LogP contribution >= 0.6 is 11.8 Å². The summed E-state index contributed by atoms with van der Waals surface area (Å²) in [4.78, 5) is 32.3. The number of benzene rings is 2. The molecule has 0 bridgehead atoms. The zero-order valence-electron chi connectivity index (χ0n) is 22.0. The number of hydrogen-bond acceptors (Lipinski definition) is 4. The van der Waals surface area contributed by atoms with Gasteiger partial charge < -0.3 is 5.32 Å². The van der Waals surface area contributed by atoms with Crippen molar-refractivity contribution in [2.45, 2.75) is 76.4 Å². The Morgan fingerprint density at radius 3 is 2.62 bits per heavy atom. The molecule has 0 aliphatic heterocycles. The van der Waals surface area contributed by atoms with Gasteiger partial charge in [0, 0.05) is 23.2 Å². The highest BCUT2D eigenvalue weighted by atomic mass is 32.2. The van der Waals surface area contributed by atoms with E-state index < -0.39 is 0 Å². The summed E-state index contributed by atoms with van der Waals surface area (Å²) in [6, 6.07) is 14.3. The minimum Gasteiger partial charge on any atom is -0.325 e. The summed E-state index contributed by atoms with van der Waals surface area (Å²) in [6.07, 6.45) is 6.42. The molecule has 1 heterocycles. The van der Waals surface area contributed by atoms with Gasteiger partial charge in [0.05, 0.1) is 17.0 Å². The molecule has 6 heteroatoms. The first-order chi connectivity index (χ1) is 17.8. The summed E-state index contributed by atoms with van der Waals surface area (Å²) in [5, 5.41) is 3.59. The van der Waals surface area contributed by atoms with Crippen LogP contribution in [0.3, 0.4) is 0 Å². The molecule has 2 aliphatic carbocycles. The van der Waals surface area contributed by atoms with Crippen molar-refractivity contribution in [2.24, 2.45) is 0 Å². The van der Waals surface area contributed by atoms with Gasteiger partial charge in [0.15, 0.2) is 5.16 Å². The van der Waals surface area contributed by atoms with E-state index in [9.17, 15) is 9.59 Å². The first kappa shape index (κ1) is 25.5. The van der Waals surface area contributed by atoms with Gasteiger partial charge in [0.2, 0.25) is 5.91 Å². The summed E-state index contributed by atoms with van der Waals surface area (Å²) in [5.74, 6) is 0.0524. The summed E-state index contributed by atoms with van der Waals surface area (Å²) >= 11 is 1.32. The van der Waals surface area contributed by atoms with E-state index in [1.807, 2.05) is 39.0 Å². The Labute approximate surface area is 223 Å². The number of aromatic nitrogens is 2. The van der Waals surface area contributed by atoms with Gasteiger partial charge in [-0.2, -0.15) is 0 Å². The molecule has 1 amide bonds. The molecule has 5 rings (SSSR count). The van der Waals surface area contributed by atoms with E-state index in [1.54, 1.807) is 4.57 Å². The molecule has 0 atom stereocenters. The van der Waals surface area contributed by atoms with E-state index in [0.717, 1.165) is 71.3 Å². The van der Waals surface area contributed by atoms with Crippen molar-refractivity contribution >= 4 is 23.4 Å². The zero-order chi connectivity index (χ0) is 26.2. The summed E-state index contributed by atoms with van der Waals surface area (Å²) < 4.78 is 1.75. The molecule has 192 valence electrons. The average molecular weight is 514 g/mol. The zero-order valence-corrected chi connectivity index (χ0v) is 22.8. The quantitative estimate of drug-likeness (QED) is 0.229. The number of nitrogens with one attached hydrogen (secondary N) is 1. The molecular weight excluding hydrogens is 478 g/mol. The average Bonchev–Trinajstić information content (AvgIpc) is 2.86. The van der Waals surface area contributed by atoms with Gasteiger partial charge in [-0.05, 0) is 57.2 Å². The molecule has 1 saturated carbocycles. The normalized spacial score (nSPS) is 15.6. The third kappa shape index (κ3) is 5.04. The first-order valence-electron chi connectivity index (χ1n) is 13.2. The Bertz CT molecular complexity index is 1430. The van der Waals surface area contributed by atoms with Gasteiger partial charge in [-0.3, -0.25) is 14.2 Å². The molecule has 3 aromatic rings. The van der Waals surface area contributed by atoms with Crippen LogP contribution < -0.4 is 10.9 Å². The van der Waals surface area contributed by atoms with Crippen LogP contribution in [0.1, 0.15) is 61.3 Å². The van der Waals surface area contributed by atoms with Crippen LogP contribution in [0.4, 0.5) is 5.69 Å². The lowest BCUT2D eigenvalue weighted by Gasteiger charge is -2.42. The Balaban J connectivity index is 1.54. The van der Waals surface area contributed by atoms with Crippen LogP contribution in [0.15, 0.2) is 64.6 Å². The minimum atomic E-state index is -0.160. The van der Waals surface area contributed by atoms with Crippen LogP contribution in [0.2, 0.25) is 0 Å². The topological polar surface area (TPSA) is 64.0 Å². The van der Waals surface area contributed by atoms with Crippen LogP contribution in [-0.4, -0.2) is 21.2 Å². The standard InChI is InChI=1S/C31H35N3O2S/c1-20(2)18-34-29(36)27-28(24-11-7-6-10-23(24)17-31(27)14-8-5-9-15-31)33-30(34)37-19-26(35)32-25-13-12-21(3)16-22(25)4/h6-7,10-13,16H,1,5,8-9,14-15,17-19H2,2-4H3,(H,32,35). The summed E-state index contributed by atoms with van der Waals surface area (Å²) in [6.45, 7) is 10.4. The lowest BCUT2D eigenvalue weighted by Crippen LogP contribution is -2.43. The highest BCUT2D eigenvalue weighted by Crippen LogP contribution is 2.48. The summed E-state index contributed by atoms with van der Waals surface area (Å²) in [7, 11) is 0. The van der Waals surface area contributed by atoms with E-state index in [0.29, 0.717) is 11.7 Å². The number of nitrogens with zero attached hydrogens (tertiary/aromatic N) is 2. The number of hydrogen-bond donors (Lipinski definition) is 1. The van der Waals surface area contributed by atoms with Crippen molar-refractivity contribution in [3.05, 3.63) is 87.2 Å². The van der Waals surface area contributed by atoms with E-state index >= 15 is 0 Å². The van der Waals surface area contributed by atoms with Crippen LogP contribution in [0.5, 0.6) is 0 Å². The molecule has 5 nitrogen and oxygen atoms in total. The largest absolute Gasteiger partial charge is 0.325 e. The van der Waals surface area contributed by atoms with Gasteiger partial charge >= 0.3 is 0 Å².